The molecule has 0 rings (SSSR count). The predicted molar refractivity (Wildman–Crippen MR) is 50.6 cm³/mol. The van der Waals surface area contributed by atoms with Gasteiger partial charge in [-0.3, -0.25) is 4.79 Å². The second-order valence-electron chi connectivity index (χ2n) is 2.51. The fourth-order valence-corrected chi connectivity index (χ4v) is 0.815. The van der Waals surface area contributed by atoms with Crippen molar-refractivity contribution in [2.24, 2.45) is 0 Å². The first-order valence-corrected chi connectivity index (χ1v) is 4.73. The summed E-state index contributed by atoms with van der Waals surface area (Å²) in [4.78, 5) is 10.9. The van der Waals surface area contributed by atoms with Crippen molar-refractivity contribution < 1.29 is 14.3 Å². The zero-order valence-electron chi connectivity index (χ0n) is 8.47. The van der Waals surface area contributed by atoms with Crippen LogP contribution in [0, 0.1) is 0 Å². The molecule has 78 valence electrons. The quantitative estimate of drug-likeness (QED) is 0.568. The van der Waals surface area contributed by atoms with Gasteiger partial charge in [-0.05, 0) is 13.8 Å². The zero-order valence-corrected chi connectivity index (χ0v) is 8.47. The Labute approximate surface area is 79.6 Å². The Morgan fingerprint density at radius 2 is 1.85 bits per heavy atom. The molecule has 0 aromatic heterocycles. The average molecular weight is 189 g/mol. The molecule has 0 aromatic rings. The van der Waals surface area contributed by atoms with Crippen molar-refractivity contribution >= 4 is 5.91 Å². The van der Waals surface area contributed by atoms with Gasteiger partial charge in [-0.15, -0.1) is 0 Å². The van der Waals surface area contributed by atoms with E-state index < -0.39 is 0 Å². The second kappa shape index (κ2) is 9.48. The molecule has 0 heterocycles. The Balaban J connectivity index is 3.02. The third kappa shape index (κ3) is 9.30. The molecule has 0 saturated heterocycles. The molecule has 1 amide bonds. The van der Waals surface area contributed by atoms with E-state index in [0.29, 0.717) is 39.4 Å². The molecule has 0 unspecified atom stereocenters. The van der Waals surface area contributed by atoms with E-state index in [9.17, 15) is 4.79 Å². The summed E-state index contributed by atoms with van der Waals surface area (Å²) < 4.78 is 10.2. The van der Waals surface area contributed by atoms with Crippen molar-refractivity contribution in [3.05, 3.63) is 0 Å². The summed E-state index contributed by atoms with van der Waals surface area (Å²) in [6.07, 6.45) is 0.431. The lowest BCUT2D eigenvalue weighted by atomic mass is 10.4. The Kier molecular flexibility index (Phi) is 9.03. The summed E-state index contributed by atoms with van der Waals surface area (Å²) in [5, 5.41) is 2.70. The van der Waals surface area contributed by atoms with E-state index in [1.807, 2.05) is 13.8 Å². The minimum Gasteiger partial charge on any atom is -0.379 e. The highest BCUT2D eigenvalue weighted by Crippen LogP contribution is 1.83. The number of hydrogen-bond donors (Lipinski definition) is 1. The summed E-state index contributed by atoms with van der Waals surface area (Å²) in [5.74, 6) is 0.0407. The minimum absolute atomic E-state index is 0.0407. The molecule has 0 bridgehead atoms. The molecule has 0 atom stereocenters. The minimum atomic E-state index is 0.0407. The maximum atomic E-state index is 10.9. The number of rotatable bonds is 8. The molecule has 0 radical (unpaired) electrons. The van der Waals surface area contributed by atoms with Crippen molar-refractivity contribution in [3.63, 3.8) is 0 Å². The lowest BCUT2D eigenvalue weighted by Gasteiger charge is -2.04. The highest BCUT2D eigenvalue weighted by atomic mass is 16.5. The van der Waals surface area contributed by atoms with Gasteiger partial charge in [-0.1, -0.05) is 0 Å². The van der Waals surface area contributed by atoms with Crippen LogP contribution in [0.3, 0.4) is 0 Å². The van der Waals surface area contributed by atoms with E-state index in [1.165, 1.54) is 0 Å². The van der Waals surface area contributed by atoms with E-state index in [0.717, 1.165) is 0 Å². The van der Waals surface area contributed by atoms with E-state index in [-0.39, 0.29) is 5.91 Å². The number of amides is 1. The van der Waals surface area contributed by atoms with Gasteiger partial charge in [0.2, 0.25) is 5.91 Å². The van der Waals surface area contributed by atoms with Crippen LogP contribution in [0.5, 0.6) is 0 Å². The Bertz CT molecular complexity index is 128. The van der Waals surface area contributed by atoms with Crippen molar-refractivity contribution in [1.82, 2.24) is 5.32 Å². The van der Waals surface area contributed by atoms with Gasteiger partial charge >= 0.3 is 0 Å². The normalized spacial score (nSPS) is 10.0. The van der Waals surface area contributed by atoms with Crippen molar-refractivity contribution in [1.29, 1.82) is 0 Å². The molecule has 0 fully saturated rings. The highest BCUT2D eigenvalue weighted by molar-refractivity contribution is 5.75. The van der Waals surface area contributed by atoms with Crippen LogP contribution in [0.1, 0.15) is 20.3 Å². The standard InChI is InChI=1S/C9H19NO3/c1-3-10-9(11)5-6-13-8-7-12-4-2/h3-8H2,1-2H3,(H,10,11). The third-order valence-electron chi connectivity index (χ3n) is 1.42. The fourth-order valence-electron chi connectivity index (χ4n) is 0.815. The summed E-state index contributed by atoms with van der Waals surface area (Å²) in [5.41, 5.74) is 0. The smallest absolute Gasteiger partial charge is 0.222 e. The van der Waals surface area contributed by atoms with Crippen LogP contribution in [0.15, 0.2) is 0 Å². The topological polar surface area (TPSA) is 47.6 Å². The molecule has 4 heteroatoms. The molecule has 0 aromatic carbocycles. The molecule has 13 heavy (non-hydrogen) atoms. The first-order valence-electron chi connectivity index (χ1n) is 4.73. The molecule has 0 saturated carbocycles. The average Bonchev–Trinajstić information content (AvgIpc) is 2.11. The van der Waals surface area contributed by atoms with Crippen molar-refractivity contribution in [2.75, 3.05) is 33.0 Å². The monoisotopic (exact) mass is 189 g/mol. The number of hydrogen-bond acceptors (Lipinski definition) is 3. The Morgan fingerprint density at radius 1 is 1.15 bits per heavy atom. The van der Waals surface area contributed by atoms with Crippen LogP contribution < -0.4 is 5.32 Å². The van der Waals surface area contributed by atoms with Gasteiger partial charge < -0.3 is 14.8 Å². The summed E-state index contributed by atoms with van der Waals surface area (Å²) in [6.45, 7) is 6.86. The number of carbonyl (C=O) groups excluding carboxylic acids is 1. The van der Waals surface area contributed by atoms with Crippen LogP contribution in [-0.4, -0.2) is 38.9 Å². The van der Waals surface area contributed by atoms with E-state index >= 15 is 0 Å². The summed E-state index contributed by atoms with van der Waals surface area (Å²) in [7, 11) is 0. The summed E-state index contributed by atoms with van der Waals surface area (Å²) in [6, 6.07) is 0. The highest BCUT2D eigenvalue weighted by Gasteiger charge is 1.97. The maximum absolute atomic E-state index is 10.9. The molecule has 4 nitrogen and oxygen atoms in total. The zero-order chi connectivity index (χ0) is 9.94. The van der Waals surface area contributed by atoms with Crippen LogP contribution in [0.2, 0.25) is 0 Å². The molecule has 0 aliphatic rings. The van der Waals surface area contributed by atoms with Gasteiger partial charge in [0.05, 0.1) is 19.8 Å². The van der Waals surface area contributed by atoms with Crippen molar-refractivity contribution in [2.45, 2.75) is 20.3 Å². The number of ether oxygens (including phenoxy) is 2. The van der Waals surface area contributed by atoms with Crippen LogP contribution >= 0.6 is 0 Å². The predicted octanol–water partition coefficient (Wildman–Crippen LogP) is 0.566. The van der Waals surface area contributed by atoms with Crippen LogP contribution in [0.25, 0.3) is 0 Å². The lowest BCUT2D eigenvalue weighted by molar-refractivity contribution is -0.122. The fraction of sp³-hybridized carbons (Fsp3) is 0.889. The molecular weight excluding hydrogens is 170 g/mol. The van der Waals surface area contributed by atoms with E-state index in [4.69, 9.17) is 9.47 Å². The Hall–Kier alpha value is -0.610. The first kappa shape index (κ1) is 12.4. The number of nitrogens with one attached hydrogen (secondary N) is 1. The van der Waals surface area contributed by atoms with Gasteiger partial charge in [0.1, 0.15) is 0 Å². The van der Waals surface area contributed by atoms with E-state index in [1.54, 1.807) is 0 Å². The molecule has 0 spiro atoms. The molecule has 1 N–H and O–H groups in total. The van der Waals surface area contributed by atoms with Gasteiger partial charge in [-0.2, -0.15) is 0 Å². The Morgan fingerprint density at radius 3 is 2.46 bits per heavy atom. The van der Waals surface area contributed by atoms with Crippen LogP contribution in [-0.2, 0) is 14.3 Å². The van der Waals surface area contributed by atoms with Crippen LogP contribution in [0.4, 0.5) is 0 Å². The molecule has 0 aliphatic carbocycles. The molecular formula is C9H19NO3. The van der Waals surface area contributed by atoms with E-state index in [2.05, 4.69) is 5.32 Å². The number of carbonyl (C=O) groups is 1. The van der Waals surface area contributed by atoms with Crippen molar-refractivity contribution in [3.8, 4) is 0 Å². The molecule has 0 aliphatic heterocycles. The lowest BCUT2D eigenvalue weighted by Crippen LogP contribution is -2.24. The summed E-state index contributed by atoms with van der Waals surface area (Å²) >= 11 is 0. The largest absolute Gasteiger partial charge is 0.379 e. The SMILES string of the molecule is CCNC(=O)CCOCCOCC. The van der Waals surface area contributed by atoms with Gasteiger partial charge in [0, 0.05) is 19.6 Å². The first-order chi connectivity index (χ1) is 6.31. The third-order valence-corrected chi connectivity index (χ3v) is 1.42. The van der Waals surface area contributed by atoms with Gasteiger partial charge in [-0.25, -0.2) is 0 Å². The second-order valence-corrected chi connectivity index (χ2v) is 2.51. The van der Waals surface area contributed by atoms with Gasteiger partial charge in [0.15, 0.2) is 0 Å². The van der Waals surface area contributed by atoms with Gasteiger partial charge in [0.25, 0.3) is 0 Å². The maximum Gasteiger partial charge on any atom is 0.222 e.